The van der Waals surface area contributed by atoms with Crippen LogP contribution in [0.4, 0.5) is 0 Å². The summed E-state index contributed by atoms with van der Waals surface area (Å²) >= 11 is 1.38. The molecule has 1 heterocycles. The van der Waals surface area contributed by atoms with Crippen molar-refractivity contribution in [1.29, 1.82) is 0 Å². The highest BCUT2D eigenvalue weighted by Crippen LogP contribution is 2.34. The van der Waals surface area contributed by atoms with Crippen LogP contribution in [0.3, 0.4) is 0 Å². The van der Waals surface area contributed by atoms with Gasteiger partial charge in [0.05, 0.1) is 12.9 Å². The Labute approximate surface area is 146 Å². The van der Waals surface area contributed by atoms with E-state index in [1.807, 2.05) is 32.0 Å². The molecule has 0 saturated carbocycles. The van der Waals surface area contributed by atoms with Gasteiger partial charge in [-0.2, -0.15) is 0 Å². The highest BCUT2D eigenvalue weighted by atomic mass is 32.2. The second kappa shape index (κ2) is 8.82. The SMILES string of the molecule is CC[C@H](C)[C@H](NC(=O)CSc1ccc2c(c1)OCCO2)C(=O)OC. The van der Waals surface area contributed by atoms with Crippen LogP contribution < -0.4 is 14.8 Å². The number of carbonyl (C=O) groups is 2. The normalized spacial score (nSPS) is 15.3. The van der Waals surface area contributed by atoms with Crippen LogP contribution in [0.25, 0.3) is 0 Å². The van der Waals surface area contributed by atoms with Gasteiger partial charge in [-0.05, 0) is 24.1 Å². The zero-order chi connectivity index (χ0) is 17.5. The summed E-state index contributed by atoms with van der Waals surface area (Å²) in [7, 11) is 1.33. The van der Waals surface area contributed by atoms with Crippen molar-refractivity contribution in [2.45, 2.75) is 31.2 Å². The molecule has 0 radical (unpaired) electrons. The van der Waals surface area contributed by atoms with E-state index in [9.17, 15) is 9.59 Å². The molecule has 7 heteroatoms. The molecular formula is C17H23NO5S. The van der Waals surface area contributed by atoms with Crippen molar-refractivity contribution in [2.75, 3.05) is 26.1 Å². The van der Waals surface area contributed by atoms with Gasteiger partial charge in [-0.25, -0.2) is 4.79 Å². The van der Waals surface area contributed by atoms with Crippen molar-refractivity contribution < 1.29 is 23.8 Å². The maximum atomic E-state index is 12.2. The molecule has 0 spiro atoms. The third-order valence-corrected chi connectivity index (χ3v) is 4.86. The number of ether oxygens (including phenoxy) is 3. The van der Waals surface area contributed by atoms with Crippen LogP contribution in [0, 0.1) is 5.92 Å². The number of rotatable bonds is 7. The fraction of sp³-hybridized carbons (Fsp3) is 0.529. The molecule has 0 fully saturated rings. The lowest BCUT2D eigenvalue weighted by atomic mass is 9.99. The molecule has 1 N–H and O–H groups in total. The first-order valence-electron chi connectivity index (χ1n) is 7.94. The number of hydrogen-bond donors (Lipinski definition) is 1. The second-order valence-electron chi connectivity index (χ2n) is 5.55. The van der Waals surface area contributed by atoms with Gasteiger partial charge in [0, 0.05) is 4.90 Å². The Balaban J connectivity index is 1.91. The molecule has 1 aliphatic heterocycles. The van der Waals surface area contributed by atoms with Gasteiger partial charge in [-0.1, -0.05) is 20.3 Å². The van der Waals surface area contributed by atoms with Crippen LogP contribution in [0.1, 0.15) is 20.3 Å². The quantitative estimate of drug-likeness (QED) is 0.599. The van der Waals surface area contributed by atoms with Gasteiger partial charge in [0.15, 0.2) is 11.5 Å². The van der Waals surface area contributed by atoms with Crippen molar-refractivity contribution in [2.24, 2.45) is 5.92 Å². The first-order chi connectivity index (χ1) is 11.5. The molecule has 1 amide bonds. The molecule has 132 valence electrons. The molecule has 1 aromatic rings. The molecule has 0 bridgehead atoms. The lowest BCUT2D eigenvalue weighted by Crippen LogP contribution is -2.46. The van der Waals surface area contributed by atoms with Crippen molar-refractivity contribution in [1.82, 2.24) is 5.32 Å². The molecule has 0 unspecified atom stereocenters. The summed E-state index contributed by atoms with van der Waals surface area (Å²) < 4.78 is 15.8. The summed E-state index contributed by atoms with van der Waals surface area (Å²) in [6, 6.07) is 4.97. The van der Waals surface area contributed by atoms with Gasteiger partial charge in [-0.15, -0.1) is 11.8 Å². The predicted molar refractivity (Wildman–Crippen MR) is 91.6 cm³/mol. The average Bonchev–Trinajstić information content (AvgIpc) is 2.62. The first-order valence-corrected chi connectivity index (χ1v) is 8.93. The summed E-state index contributed by atoms with van der Waals surface area (Å²) in [5.74, 6) is 1.02. The molecule has 0 saturated heterocycles. The minimum atomic E-state index is -0.617. The van der Waals surface area contributed by atoms with E-state index in [4.69, 9.17) is 14.2 Å². The molecule has 24 heavy (non-hydrogen) atoms. The fourth-order valence-corrected chi connectivity index (χ4v) is 3.01. The second-order valence-corrected chi connectivity index (χ2v) is 6.60. The molecule has 2 rings (SSSR count). The van der Waals surface area contributed by atoms with Crippen LogP contribution >= 0.6 is 11.8 Å². The Kier molecular flexibility index (Phi) is 6.78. The van der Waals surface area contributed by atoms with E-state index in [0.717, 1.165) is 17.1 Å². The van der Waals surface area contributed by atoms with Crippen LogP contribution in [0.2, 0.25) is 0 Å². The number of hydrogen-bond acceptors (Lipinski definition) is 6. The number of benzene rings is 1. The number of amides is 1. The Morgan fingerprint density at radius 3 is 2.67 bits per heavy atom. The summed E-state index contributed by atoms with van der Waals surface area (Å²) in [6.07, 6.45) is 0.773. The van der Waals surface area contributed by atoms with Crippen LogP contribution in [-0.2, 0) is 14.3 Å². The topological polar surface area (TPSA) is 73.9 Å². The number of methoxy groups -OCH3 is 1. The van der Waals surface area contributed by atoms with E-state index in [0.29, 0.717) is 19.0 Å². The predicted octanol–water partition coefficient (Wildman–Crippen LogP) is 2.25. The molecule has 2 atom stereocenters. The average molecular weight is 353 g/mol. The smallest absolute Gasteiger partial charge is 0.328 e. The van der Waals surface area contributed by atoms with Crippen LogP contribution in [-0.4, -0.2) is 44.0 Å². The largest absolute Gasteiger partial charge is 0.486 e. The Morgan fingerprint density at radius 2 is 2.00 bits per heavy atom. The highest BCUT2D eigenvalue weighted by Gasteiger charge is 2.26. The third-order valence-electron chi connectivity index (χ3n) is 3.87. The highest BCUT2D eigenvalue weighted by molar-refractivity contribution is 8.00. The molecule has 1 aliphatic rings. The van der Waals surface area contributed by atoms with Crippen molar-refractivity contribution in [3.8, 4) is 11.5 Å². The summed E-state index contributed by atoms with van der Waals surface area (Å²) in [6.45, 7) is 4.95. The van der Waals surface area contributed by atoms with Gasteiger partial charge in [0.2, 0.25) is 5.91 Å². The number of carbonyl (C=O) groups excluding carboxylic acids is 2. The fourth-order valence-electron chi connectivity index (χ4n) is 2.27. The maximum Gasteiger partial charge on any atom is 0.328 e. The summed E-state index contributed by atoms with van der Waals surface area (Å²) in [4.78, 5) is 24.9. The van der Waals surface area contributed by atoms with E-state index < -0.39 is 12.0 Å². The van der Waals surface area contributed by atoms with Gasteiger partial charge < -0.3 is 19.5 Å². The van der Waals surface area contributed by atoms with E-state index in [-0.39, 0.29) is 17.6 Å². The number of esters is 1. The number of fused-ring (bicyclic) bond motifs is 1. The van der Waals surface area contributed by atoms with Crippen LogP contribution in [0.15, 0.2) is 23.1 Å². The van der Waals surface area contributed by atoms with Gasteiger partial charge in [0.1, 0.15) is 19.3 Å². The first kappa shape index (κ1) is 18.4. The Morgan fingerprint density at radius 1 is 1.29 bits per heavy atom. The lowest BCUT2D eigenvalue weighted by molar-refractivity contribution is -0.146. The molecule has 0 aromatic heterocycles. The Bertz CT molecular complexity index is 592. The van der Waals surface area contributed by atoms with Gasteiger partial charge in [-0.3, -0.25) is 4.79 Å². The van der Waals surface area contributed by atoms with Crippen LogP contribution in [0.5, 0.6) is 11.5 Å². The third kappa shape index (κ3) is 4.80. The summed E-state index contributed by atoms with van der Waals surface area (Å²) in [5, 5.41) is 2.76. The maximum absolute atomic E-state index is 12.2. The van der Waals surface area contributed by atoms with E-state index >= 15 is 0 Å². The van der Waals surface area contributed by atoms with E-state index in [1.54, 1.807) is 0 Å². The van der Waals surface area contributed by atoms with Crippen molar-refractivity contribution >= 4 is 23.6 Å². The zero-order valence-electron chi connectivity index (χ0n) is 14.2. The lowest BCUT2D eigenvalue weighted by Gasteiger charge is -2.22. The Hall–Kier alpha value is -1.89. The van der Waals surface area contributed by atoms with Gasteiger partial charge >= 0.3 is 5.97 Å². The number of nitrogens with one attached hydrogen (secondary N) is 1. The van der Waals surface area contributed by atoms with Gasteiger partial charge in [0.25, 0.3) is 0 Å². The molecule has 1 aromatic carbocycles. The molecule has 0 aliphatic carbocycles. The molecular weight excluding hydrogens is 330 g/mol. The standard InChI is InChI=1S/C17H23NO5S/c1-4-11(2)16(17(20)21-3)18-15(19)10-24-12-5-6-13-14(9-12)23-8-7-22-13/h5-6,9,11,16H,4,7-8,10H2,1-3H3,(H,18,19)/t11-,16-/m0/s1. The van der Waals surface area contributed by atoms with E-state index in [2.05, 4.69) is 5.32 Å². The van der Waals surface area contributed by atoms with Crippen molar-refractivity contribution in [3.05, 3.63) is 18.2 Å². The number of thioether (sulfide) groups is 1. The van der Waals surface area contributed by atoms with Crippen molar-refractivity contribution in [3.63, 3.8) is 0 Å². The monoisotopic (exact) mass is 353 g/mol. The molecule has 6 nitrogen and oxygen atoms in total. The summed E-state index contributed by atoms with van der Waals surface area (Å²) in [5.41, 5.74) is 0. The minimum Gasteiger partial charge on any atom is -0.486 e. The zero-order valence-corrected chi connectivity index (χ0v) is 15.0. The minimum absolute atomic E-state index is 0.0145. The van der Waals surface area contributed by atoms with E-state index in [1.165, 1.54) is 18.9 Å².